The highest BCUT2D eigenvalue weighted by Crippen LogP contribution is 2.19. The van der Waals surface area contributed by atoms with Crippen molar-refractivity contribution in [3.8, 4) is 0 Å². The highest BCUT2D eigenvalue weighted by atomic mass is 31.1. The molecular formula is C27H59NO6P+. The van der Waals surface area contributed by atoms with E-state index < -0.39 is 37.1 Å². The topological polar surface area (TPSA) is 121 Å². The van der Waals surface area contributed by atoms with Crippen molar-refractivity contribution in [2.24, 2.45) is 0 Å². The number of quaternary nitrogens is 1. The Balaban J connectivity index is 3.74. The van der Waals surface area contributed by atoms with Crippen molar-refractivity contribution in [1.29, 1.82) is 0 Å². The Kier molecular flexibility index (Phi) is 22.3. The summed E-state index contributed by atoms with van der Waals surface area (Å²) in [6.45, 7) is 3.27. The largest absolute Gasteiger partial charge is 0.394 e. The van der Waals surface area contributed by atoms with Crippen molar-refractivity contribution in [2.45, 2.75) is 127 Å². The minimum absolute atomic E-state index is 0.234. The van der Waals surface area contributed by atoms with E-state index in [4.69, 9.17) is 5.11 Å². The van der Waals surface area contributed by atoms with Gasteiger partial charge in [-0.2, -0.15) is 0 Å². The maximum Gasteiger partial charge on any atom is 0.110 e. The molecule has 6 unspecified atom stereocenters. The molecule has 6 atom stereocenters. The number of aliphatic hydroxyl groups is 6. The van der Waals surface area contributed by atoms with Crippen LogP contribution in [-0.2, 0) is 0 Å². The van der Waals surface area contributed by atoms with Gasteiger partial charge in [0.2, 0.25) is 0 Å². The molecule has 0 amide bonds. The molecule has 6 N–H and O–H groups in total. The normalized spacial score (nSPS) is 17.1. The van der Waals surface area contributed by atoms with Crippen molar-refractivity contribution in [3.63, 3.8) is 0 Å². The van der Waals surface area contributed by atoms with E-state index in [2.05, 4.69) is 21.0 Å². The summed E-state index contributed by atoms with van der Waals surface area (Å²) in [6, 6.07) is 0. The van der Waals surface area contributed by atoms with Gasteiger partial charge >= 0.3 is 0 Å². The standard InChI is InChI=1S/C27H59NO6P/c1-4-5-6-7-8-9-10-11-12-13-14-15-16-17-18-28(2,3)19-23(30)21-35-22-25(32)27(34)26(33)24(31)20-29/h23-27,29-35H,4-22H2,1-3H3/q+1. The molecule has 0 fully saturated rings. The van der Waals surface area contributed by atoms with Gasteiger partial charge < -0.3 is 35.1 Å². The monoisotopic (exact) mass is 524 g/mol. The molecule has 0 spiro atoms. The fourth-order valence-corrected chi connectivity index (χ4v) is 5.71. The number of unbranched alkanes of at least 4 members (excludes halogenated alkanes) is 13. The van der Waals surface area contributed by atoms with Gasteiger partial charge in [0, 0.05) is 0 Å². The summed E-state index contributed by atoms with van der Waals surface area (Å²) >= 11 is 0. The van der Waals surface area contributed by atoms with E-state index in [-0.39, 0.29) is 14.7 Å². The SMILES string of the molecule is CCCCCCCCCCCCCCCC[N+](C)(C)CC(O)CPCC(O)C(O)C(O)C(O)CO. The molecule has 0 aromatic carbocycles. The minimum Gasteiger partial charge on any atom is -0.394 e. The van der Waals surface area contributed by atoms with Crippen LogP contribution in [0.25, 0.3) is 0 Å². The lowest BCUT2D eigenvalue weighted by Crippen LogP contribution is -2.47. The molecule has 0 bridgehead atoms. The molecular weight excluding hydrogens is 465 g/mol. The number of hydrogen-bond acceptors (Lipinski definition) is 6. The summed E-state index contributed by atoms with van der Waals surface area (Å²) in [6.07, 6.45) is 13.4. The molecule has 0 aliphatic rings. The third-order valence-corrected chi connectivity index (χ3v) is 8.35. The van der Waals surface area contributed by atoms with Gasteiger partial charge in [-0.15, -0.1) is 8.58 Å². The van der Waals surface area contributed by atoms with Crippen LogP contribution in [0, 0.1) is 0 Å². The molecule has 0 saturated carbocycles. The molecule has 0 rings (SSSR count). The van der Waals surface area contributed by atoms with Gasteiger partial charge in [-0.3, -0.25) is 0 Å². The maximum atomic E-state index is 10.4. The van der Waals surface area contributed by atoms with Gasteiger partial charge in [-0.25, -0.2) is 0 Å². The number of aliphatic hydroxyl groups excluding tert-OH is 6. The fourth-order valence-electron chi connectivity index (χ4n) is 4.54. The van der Waals surface area contributed by atoms with Crippen LogP contribution >= 0.6 is 8.58 Å². The molecule has 35 heavy (non-hydrogen) atoms. The Bertz CT molecular complexity index is 471. The average Bonchev–Trinajstić information content (AvgIpc) is 2.82. The molecule has 0 radical (unpaired) electrons. The maximum absolute atomic E-state index is 10.4. The summed E-state index contributed by atoms with van der Waals surface area (Å²) in [5, 5.41) is 58.2. The lowest BCUT2D eigenvalue weighted by atomic mass is 10.0. The summed E-state index contributed by atoms with van der Waals surface area (Å²) in [5.41, 5.74) is 0. The second kappa shape index (κ2) is 22.2. The number of hydrogen-bond donors (Lipinski definition) is 6. The van der Waals surface area contributed by atoms with Crippen LogP contribution in [-0.4, -0.2) is 112 Å². The van der Waals surface area contributed by atoms with E-state index in [0.29, 0.717) is 12.7 Å². The average molecular weight is 525 g/mol. The van der Waals surface area contributed by atoms with Gasteiger partial charge in [0.25, 0.3) is 0 Å². The summed E-state index contributed by atoms with van der Waals surface area (Å²) < 4.78 is 0.760. The van der Waals surface area contributed by atoms with Crippen LogP contribution in [0.4, 0.5) is 0 Å². The summed E-state index contributed by atoms with van der Waals surface area (Å²) in [4.78, 5) is 0. The first kappa shape index (κ1) is 35.2. The van der Waals surface area contributed by atoms with Crippen molar-refractivity contribution >= 4 is 8.58 Å². The smallest absolute Gasteiger partial charge is 0.110 e. The van der Waals surface area contributed by atoms with Gasteiger partial charge in [0.1, 0.15) is 31.0 Å². The molecule has 8 heteroatoms. The second-order valence-corrected chi connectivity index (χ2v) is 12.4. The van der Waals surface area contributed by atoms with Crippen LogP contribution in [0.2, 0.25) is 0 Å². The van der Waals surface area contributed by atoms with Crippen LogP contribution in [0.5, 0.6) is 0 Å². The molecule has 0 heterocycles. The Morgan fingerprint density at radius 3 is 1.49 bits per heavy atom. The van der Waals surface area contributed by atoms with Gasteiger partial charge in [0.05, 0.1) is 33.4 Å². The fraction of sp³-hybridized carbons (Fsp3) is 1.00. The van der Waals surface area contributed by atoms with Crippen molar-refractivity contribution < 1.29 is 35.1 Å². The Labute approximate surface area is 217 Å². The number of rotatable bonds is 25. The van der Waals surface area contributed by atoms with E-state index in [1.54, 1.807) is 0 Å². The van der Waals surface area contributed by atoms with E-state index in [1.165, 1.54) is 83.5 Å². The molecule has 0 aromatic heterocycles. The number of likely N-dealkylation sites (N-methyl/N-ethyl adjacent to an activating group) is 1. The Morgan fingerprint density at radius 1 is 0.600 bits per heavy atom. The molecule has 0 aliphatic heterocycles. The van der Waals surface area contributed by atoms with Crippen LogP contribution in [0.3, 0.4) is 0 Å². The molecule has 212 valence electrons. The minimum atomic E-state index is -1.59. The van der Waals surface area contributed by atoms with Gasteiger partial charge in [0.15, 0.2) is 0 Å². The summed E-state index contributed by atoms with van der Waals surface area (Å²) in [7, 11) is 4.51. The highest BCUT2D eigenvalue weighted by Gasteiger charge is 2.30. The lowest BCUT2D eigenvalue weighted by Gasteiger charge is -2.32. The third-order valence-electron chi connectivity index (χ3n) is 6.88. The van der Waals surface area contributed by atoms with Crippen molar-refractivity contribution in [3.05, 3.63) is 0 Å². The van der Waals surface area contributed by atoms with Crippen LogP contribution in [0.15, 0.2) is 0 Å². The van der Waals surface area contributed by atoms with E-state index in [1.807, 2.05) is 0 Å². The van der Waals surface area contributed by atoms with Gasteiger partial charge in [-0.1, -0.05) is 84.0 Å². The third kappa shape index (κ3) is 19.9. The first-order valence-electron chi connectivity index (χ1n) is 14.2. The molecule has 0 aromatic rings. The zero-order valence-electron chi connectivity index (χ0n) is 23.0. The summed E-state index contributed by atoms with van der Waals surface area (Å²) in [5.74, 6) is 0. The highest BCUT2D eigenvalue weighted by molar-refractivity contribution is 7.38. The predicted molar refractivity (Wildman–Crippen MR) is 147 cm³/mol. The number of nitrogens with zero attached hydrogens (tertiary/aromatic N) is 1. The van der Waals surface area contributed by atoms with E-state index in [9.17, 15) is 25.5 Å². The van der Waals surface area contributed by atoms with E-state index in [0.717, 1.165) is 17.4 Å². The zero-order valence-corrected chi connectivity index (χ0v) is 24.0. The van der Waals surface area contributed by atoms with Crippen molar-refractivity contribution in [1.82, 2.24) is 0 Å². The van der Waals surface area contributed by atoms with Gasteiger partial charge in [-0.05, 0) is 25.2 Å². The first-order valence-corrected chi connectivity index (χ1v) is 15.6. The molecule has 0 aliphatic carbocycles. The molecule has 0 saturated heterocycles. The van der Waals surface area contributed by atoms with Crippen molar-refractivity contribution in [2.75, 3.05) is 46.1 Å². The van der Waals surface area contributed by atoms with Crippen LogP contribution in [0.1, 0.15) is 96.8 Å². The Hall–Kier alpha value is 0.150. The van der Waals surface area contributed by atoms with Crippen LogP contribution < -0.4 is 0 Å². The Morgan fingerprint density at radius 2 is 1.03 bits per heavy atom. The lowest BCUT2D eigenvalue weighted by molar-refractivity contribution is -0.893. The van der Waals surface area contributed by atoms with E-state index >= 15 is 0 Å². The predicted octanol–water partition coefficient (Wildman–Crippen LogP) is 3.02. The first-order chi connectivity index (χ1) is 16.6. The second-order valence-electron chi connectivity index (χ2n) is 11.0. The quantitative estimate of drug-likeness (QED) is 0.0620. The zero-order chi connectivity index (χ0) is 26.5. The molecule has 7 nitrogen and oxygen atoms in total.